The van der Waals surface area contributed by atoms with Crippen LogP contribution in [0.5, 0.6) is 0 Å². The average molecular weight is 225 g/mol. The average Bonchev–Trinajstić information content (AvgIpc) is 2.25. The maximum absolute atomic E-state index is 13.3. The molecule has 0 fully saturated rings. The Morgan fingerprint density at radius 2 is 2.00 bits per heavy atom. The van der Waals surface area contributed by atoms with Gasteiger partial charge in [0, 0.05) is 6.54 Å². The standard InChI is InChI=1S/C11H16FN3O/c1-7-3-9(4-8(2)11(7)12)5-14-6-10(13)15-16/h3-4,14,16H,5-6H2,1-2H3,(H2,13,15). The lowest BCUT2D eigenvalue weighted by molar-refractivity contribution is 0.317. The molecule has 0 saturated heterocycles. The second-order valence-corrected chi connectivity index (χ2v) is 3.74. The van der Waals surface area contributed by atoms with Crippen LogP contribution >= 0.6 is 0 Å². The maximum Gasteiger partial charge on any atom is 0.153 e. The number of nitrogens with one attached hydrogen (secondary N) is 1. The normalized spacial score (nSPS) is 11.8. The van der Waals surface area contributed by atoms with Crippen molar-refractivity contribution in [3.8, 4) is 0 Å². The Morgan fingerprint density at radius 3 is 2.50 bits per heavy atom. The van der Waals surface area contributed by atoms with Crippen molar-refractivity contribution in [2.45, 2.75) is 20.4 Å². The molecule has 0 heterocycles. The van der Waals surface area contributed by atoms with Gasteiger partial charge in [-0.05, 0) is 30.5 Å². The molecule has 5 heteroatoms. The number of nitrogens with zero attached hydrogens (tertiary/aromatic N) is 1. The molecular formula is C11H16FN3O. The smallest absolute Gasteiger partial charge is 0.153 e. The molecule has 1 rings (SSSR count). The molecule has 4 N–H and O–H groups in total. The second kappa shape index (κ2) is 5.46. The van der Waals surface area contributed by atoms with E-state index in [0.29, 0.717) is 24.2 Å². The molecule has 0 spiro atoms. The molecule has 16 heavy (non-hydrogen) atoms. The highest BCUT2D eigenvalue weighted by molar-refractivity contribution is 5.81. The van der Waals surface area contributed by atoms with Gasteiger partial charge in [0.1, 0.15) is 5.82 Å². The molecule has 0 aliphatic carbocycles. The Bertz CT molecular complexity index is 381. The topological polar surface area (TPSA) is 70.6 Å². The minimum Gasteiger partial charge on any atom is -0.409 e. The third-order valence-corrected chi connectivity index (χ3v) is 2.26. The summed E-state index contributed by atoms with van der Waals surface area (Å²) in [4.78, 5) is 0. The van der Waals surface area contributed by atoms with E-state index >= 15 is 0 Å². The van der Waals surface area contributed by atoms with Crippen LogP contribution in [0.25, 0.3) is 0 Å². The van der Waals surface area contributed by atoms with Gasteiger partial charge < -0.3 is 16.3 Å². The lowest BCUT2D eigenvalue weighted by Crippen LogP contribution is -2.28. The Morgan fingerprint density at radius 1 is 1.44 bits per heavy atom. The van der Waals surface area contributed by atoms with Gasteiger partial charge in [-0.2, -0.15) is 0 Å². The summed E-state index contributed by atoms with van der Waals surface area (Å²) >= 11 is 0. The summed E-state index contributed by atoms with van der Waals surface area (Å²) in [7, 11) is 0. The molecular weight excluding hydrogens is 209 g/mol. The molecule has 88 valence electrons. The molecule has 0 atom stereocenters. The number of oxime groups is 1. The van der Waals surface area contributed by atoms with E-state index in [0.717, 1.165) is 5.56 Å². The van der Waals surface area contributed by atoms with Crippen molar-refractivity contribution < 1.29 is 9.60 Å². The van der Waals surface area contributed by atoms with Crippen LogP contribution in [0.1, 0.15) is 16.7 Å². The van der Waals surface area contributed by atoms with Crippen molar-refractivity contribution in [2.75, 3.05) is 6.54 Å². The first-order valence-electron chi connectivity index (χ1n) is 4.97. The molecule has 0 aliphatic rings. The van der Waals surface area contributed by atoms with E-state index in [1.54, 1.807) is 26.0 Å². The van der Waals surface area contributed by atoms with E-state index in [1.165, 1.54) is 0 Å². The summed E-state index contributed by atoms with van der Waals surface area (Å²) in [6.45, 7) is 4.31. The van der Waals surface area contributed by atoms with Crippen molar-refractivity contribution in [1.29, 1.82) is 0 Å². The molecule has 0 amide bonds. The fourth-order valence-corrected chi connectivity index (χ4v) is 1.51. The quantitative estimate of drug-likeness (QED) is 0.313. The first-order chi connectivity index (χ1) is 7.54. The molecule has 0 saturated carbocycles. The molecule has 0 unspecified atom stereocenters. The lowest BCUT2D eigenvalue weighted by Gasteiger charge is -2.07. The van der Waals surface area contributed by atoms with Crippen LogP contribution in [0, 0.1) is 19.7 Å². The van der Waals surface area contributed by atoms with Gasteiger partial charge >= 0.3 is 0 Å². The van der Waals surface area contributed by atoms with Gasteiger partial charge in [-0.1, -0.05) is 17.3 Å². The zero-order chi connectivity index (χ0) is 12.1. The highest BCUT2D eigenvalue weighted by Gasteiger charge is 2.04. The van der Waals surface area contributed by atoms with E-state index < -0.39 is 0 Å². The van der Waals surface area contributed by atoms with E-state index in [2.05, 4.69) is 10.5 Å². The van der Waals surface area contributed by atoms with E-state index in [1.807, 2.05) is 0 Å². The monoisotopic (exact) mass is 225 g/mol. The summed E-state index contributed by atoms with van der Waals surface area (Å²) in [5.74, 6) is -0.0456. The predicted molar refractivity (Wildman–Crippen MR) is 61.0 cm³/mol. The van der Waals surface area contributed by atoms with E-state index in [4.69, 9.17) is 10.9 Å². The maximum atomic E-state index is 13.3. The number of nitrogens with two attached hydrogens (primary N) is 1. The molecule has 0 aromatic heterocycles. The summed E-state index contributed by atoms with van der Waals surface area (Å²) in [6, 6.07) is 3.56. The van der Waals surface area contributed by atoms with Gasteiger partial charge in [0.05, 0.1) is 6.54 Å². The van der Waals surface area contributed by atoms with Gasteiger partial charge in [0.25, 0.3) is 0 Å². The summed E-state index contributed by atoms with van der Waals surface area (Å²) < 4.78 is 13.3. The molecule has 1 aromatic rings. The largest absolute Gasteiger partial charge is 0.409 e. The number of hydrogen-bond donors (Lipinski definition) is 3. The predicted octanol–water partition coefficient (Wildman–Crippen LogP) is 1.28. The zero-order valence-electron chi connectivity index (χ0n) is 9.42. The van der Waals surface area contributed by atoms with Crippen LogP contribution in [0.15, 0.2) is 17.3 Å². The van der Waals surface area contributed by atoms with Gasteiger partial charge in [-0.25, -0.2) is 4.39 Å². The number of halogens is 1. The van der Waals surface area contributed by atoms with Crippen molar-refractivity contribution in [3.63, 3.8) is 0 Å². The molecule has 0 radical (unpaired) electrons. The van der Waals surface area contributed by atoms with Crippen molar-refractivity contribution in [1.82, 2.24) is 5.32 Å². The minimum absolute atomic E-state index is 0.121. The number of hydrogen-bond acceptors (Lipinski definition) is 3. The van der Waals surface area contributed by atoms with Crippen LogP contribution in [0.4, 0.5) is 4.39 Å². The van der Waals surface area contributed by atoms with Gasteiger partial charge in [0.2, 0.25) is 0 Å². The van der Waals surface area contributed by atoms with Crippen molar-refractivity contribution in [3.05, 3.63) is 34.6 Å². The Labute approximate surface area is 94.0 Å². The number of aryl methyl sites for hydroxylation is 2. The molecule has 4 nitrogen and oxygen atoms in total. The molecule has 1 aromatic carbocycles. The highest BCUT2D eigenvalue weighted by atomic mass is 19.1. The fraction of sp³-hybridized carbons (Fsp3) is 0.364. The van der Waals surface area contributed by atoms with E-state index in [9.17, 15) is 4.39 Å². The lowest BCUT2D eigenvalue weighted by atomic mass is 10.1. The Balaban J connectivity index is 2.62. The van der Waals surface area contributed by atoms with Crippen molar-refractivity contribution >= 4 is 5.84 Å². The van der Waals surface area contributed by atoms with Gasteiger partial charge in [-0.15, -0.1) is 0 Å². The summed E-state index contributed by atoms with van der Waals surface area (Å²) in [5.41, 5.74) is 7.52. The summed E-state index contributed by atoms with van der Waals surface area (Å²) in [6.07, 6.45) is 0. The number of rotatable bonds is 4. The fourth-order valence-electron chi connectivity index (χ4n) is 1.51. The number of amidine groups is 1. The highest BCUT2D eigenvalue weighted by Crippen LogP contribution is 2.14. The third kappa shape index (κ3) is 3.20. The number of benzene rings is 1. The zero-order valence-corrected chi connectivity index (χ0v) is 9.42. The Kier molecular flexibility index (Phi) is 4.25. The minimum atomic E-state index is -0.166. The Hall–Kier alpha value is -1.62. The molecule has 0 bridgehead atoms. The third-order valence-electron chi connectivity index (χ3n) is 2.26. The van der Waals surface area contributed by atoms with Crippen LogP contribution in [0.2, 0.25) is 0 Å². The van der Waals surface area contributed by atoms with Crippen LogP contribution < -0.4 is 11.1 Å². The van der Waals surface area contributed by atoms with Crippen LogP contribution in [-0.2, 0) is 6.54 Å². The SMILES string of the molecule is Cc1cc(CNCC(N)=NO)cc(C)c1F. The van der Waals surface area contributed by atoms with E-state index in [-0.39, 0.29) is 11.7 Å². The van der Waals surface area contributed by atoms with Gasteiger partial charge in [0.15, 0.2) is 5.84 Å². The first-order valence-corrected chi connectivity index (χ1v) is 4.97. The van der Waals surface area contributed by atoms with Crippen LogP contribution in [0.3, 0.4) is 0 Å². The first kappa shape index (κ1) is 12.4. The van der Waals surface area contributed by atoms with Crippen LogP contribution in [-0.4, -0.2) is 17.6 Å². The molecule has 0 aliphatic heterocycles. The van der Waals surface area contributed by atoms with Gasteiger partial charge in [-0.3, -0.25) is 0 Å². The van der Waals surface area contributed by atoms with Crippen molar-refractivity contribution in [2.24, 2.45) is 10.9 Å². The summed E-state index contributed by atoms with van der Waals surface area (Å²) in [5, 5.41) is 14.2. The second-order valence-electron chi connectivity index (χ2n) is 3.74.